The van der Waals surface area contributed by atoms with Crippen molar-refractivity contribution in [3.63, 3.8) is 0 Å². The van der Waals surface area contributed by atoms with Gasteiger partial charge in [0, 0.05) is 82.5 Å². The van der Waals surface area contributed by atoms with Gasteiger partial charge >= 0.3 is 0 Å². The molecule has 0 amide bonds. The van der Waals surface area contributed by atoms with Gasteiger partial charge < -0.3 is 18.3 Å². The highest BCUT2D eigenvalue weighted by atomic mass is 15.0. The van der Waals surface area contributed by atoms with Gasteiger partial charge in [-0.1, -0.05) is 133 Å². The molecule has 332 valence electrons. The van der Waals surface area contributed by atoms with Gasteiger partial charge in [0.05, 0.1) is 55.5 Å². The summed E-state index contributed by atoms with van der Waals surface area (Å²) in [5, 5.41) is 9.92. The molecule has 71 heavy (non-hydrogen) atoms. The third kappa shape index (κ3) is 5.82. The lowest BCUT2D eigenvalue weighted by molar-refractivity contribution is 1.13. The topological polar surface area (TPSA) is 45.5 Å². The fourth-order valence-electron chi connectivity index (χ4n) is 11.7. The predicted molar refractivity (Wildman–Crippen MR) is 295 cm³/mol. The molecule has 0 fully saturated rings. The number of rotatable bonds is 6. The number of fused-ring (bicyclic) bond motifs is 12. The Bertz CT molecular complexity index is 4240. The minimum atomic E-state index is 0.921. The van der Waals surface area contributed by atoms with E-state index in [0.29, 0.717) is 0 Å². The fourth-order valence-corrected chi connectivity index (χ4v) is 11.7. The SMILES string of the molecule is Cc1c(-c2ccc(-n3c4ccccc4c4cc(-n5c6ccccc6c6ccccc65)ccc43)cc2)ncnc1-c1ccc(-n2c3ccccc3c3cc(-n4c5ccccc5c5ccccc54)ccc32)cc1. The maximum atomic E-state index is 4.86. The highest BCUT2D eigenvalue weighted by molar-refractivity contribution is 6.14. The van der Waals surface area contributed by atoms with Crippen LogP contribution in [0.3, 0.4) is 0 Å². The van der Waals surface area contributed by atoms with Crippen LogP contribution in [0.15, 0.2) is 237 Å². The lowest BCUT2D eigenvalue weighted by Crippen LogP contribution is -1.98. The van der Waals surface area contributed by atoms with Gasteiger partial charge in [-0.15, -0.1) is 0 Å². The molecule has 0 aliphatic carbocycles. The molecule has 6 nitrogen and oxygen atoms in total. The largest absolute Gasteiger partial charge is 0.309 e. The van der Waals surface area contributed by atoms with Gasteiger partial charge in [0.25, 0.3) is 0 Å². The predicted octanol–water partition coefficient (Wildman–Crippen LogP) is 16.5. The Balaban J connectivity index is 0.771. The van der Waals surface area contributed by atoms with Crippen LogP contribution < -0.4 is 0 Å². The molecule has 0 aliphatic rings. The maximum absolute atomic E-state index is 4.86. The Kier molecular flexibility index (Phi) is 8.47. The number of hydrogen-bond acceptors (Lipinski definition) is 2. The van der Waals surface area contributed by atoms with Gasteiger partial charge in [-0.05, 0) is 104 Å². The van der Waals surface area contributed by atoms with Crippen LogP contribution in [0.25, 0.3) is 132 Å². The first-order chi connectivity index (χ1) is 35.2. The maximum Gasteiger partial charge on any atom is 0.116 e. The van der Waals surface area contributed by atoms with Gasteiger partial charge in [-0.2, -0.15) is 0 Å². The van der Waals surface area contributed by atoms with E-state index in [1.54, 1.807) is 6.33 Å². The van der Waals surface area contributed by atoms with Crippen molar-refractivity contribution in [3.05, 3.63) is 242 Å². The average Bonchev–Trinajstić information content (AvgIpc) is 4.16. The molecule has 0 unspecified atom stereocenters. The van der Waals surface area contributed by atoms with E-state index in [4.69, 9.17) is 9.97 Å². The molecule has 5 aromatic heterocycles. The van der Waals surface area contributed by atoms with Crippen molar-refractivity contribution in [2.75, 3.05) is 0 Å². The number of para-hydroxylation sites is 6. The molecule has 0 N–H and O–H groups in total. The molecule has 0 atom stereocenters. The van der Waals surface area contributed by atoms with E-state index in [1.165, 1.54) is 76.2 Å². The molecule has 10 aromatic carbocycles. The summed E-state index contributed by atoms with van der Waals surface area (Å²) in [6.07, 6.45) is 1.70. The van der Waals surface area contributed by atoms with Gasteiger partial charge in [0.2, 0.25) is 0 Å². The van der Waals surface area contributed by atoms with E-state index >= 15 is 0 Å². The van der Waals surface area contributed by atoms with E-state index in [9.17, 15) is 0 Å². The molecular formula is C65H42N6. The number of hydrogen-bond donors (Lipinski definition) is 0. The van der Waals surface area contributed by atoms with E-state index in [0.717, 1.165) is 61.9 Å². The highest BCUT2D eigenvalue weighted by Gasteiger charge is 2.20. The molecule has 0 saturated carbocycles. The highest BCUT2D eigenvalue weighted by Crippen LogP contribution is 2.40. The smallest absolute Gasteiger partial charge is 0.116 e. The van der Waals surface area contributed by atoms with Crippen molar-refractivity contribution in [2.45, 2.75) is 6.92 Å². The Hall–Kier alpha value is -9.52. The number of benzene rings is 10. The van der Waals surface area contributed by atoms with Crippen molar-refractivity contribution in [3.8, 4) is 45.3 Å². The normalized spacial score (nSPS) is 12.0. The molecule has 15 aromatic rings. The zero-order valence-electron chi connectivity index (χ0n) is 38.7. The van der Waals surface area contributed by atoms with Crippen LogP contribution in [0, 0.1) is 6.92 Å². The summed E-state index contributed by atoms with van der Waals surface area (Å²) >= 11 is 0. The van der Waals surface area contributed by atoms with Crippen LogP contribution in [-0.2, 0) is 0 Å². The first kappa shape index (κ1) is 39.5. The molecule has 0 radical (unpaired) electrons. The second-order valence-electron chi connectivity index (χ2n) is 18.6. The molecule has 0 spiro atoms. The first-order valence-electron chi connectivity index (χ1n) is 24.2. The Labute approximate surface area is 408 Å². The third-order valence-electron chi connectivity index (χ3n) is 14.9. The minimum Gasteiger partial charge on any atom is -0.309 e. The summed E-state index contributed by atoms with van der Waals surface area (Å²) in [5.74, 6) is 0. The molecule has 5 heterocycles. The van der Waals surface area contributed by atoms with E-state index in [2.05, 4.69) is 256 Å². The van der Waals surface area contributed by atoms with Crippen LogP contribution in [0.4, 0.5) is 0 Å². The Morgan fingerprint density at radius 3 is 0.831 bits per heavy atom. The Morgan fingerprint density at radius 1 is 0.254 bits per heavy atom. The molecule has 15 rings (SSSR count). The van der Waals surface area contributed by atoms with Crippen LogP contribution in [0.2, 0.25) is 0 Å². The lowest BCUT2D eigenvalue weighted by atomic mass is 10.0. The second-order valence-corrected chi connectivity index (χ2v) is 18.6. The minimum absolute atomic E-state index is 0.921. The van der Waals surface area contributed by atoms with Crippen molar-refractivity contribution in [2.24, 2.45) is 0 Å². The van der Waals surface area contributed by atoms with Gasteiger partial charge in [-0.25, -0.2) is 9.97 Å². The monoisotopic (exact) mass is 906 g/mol. The standard InChI is InChI=1S/C65H42N6/c1-41-64(42-26-30-44(31-27-42)68-60-24-12-6-18-52(60)54-38-46(34-36-62(54)68)70-56-20-8-2-14-48(56)49-15-3-9-21-57(49)70)66-40-67-65(41)43-28-32-45(33-29-43)69-61-25-13-7-19-53(61)55-39-47(35-37-63(55)69)71-58-22-10-4-16-50(58)51-17-5-11-23-59(51)71/h2-40H,1H3. The second kappa shape index (κ2) is 15.2. The summed E-state index contributed by atoms with van der Waals surface area (Å²) in [4.78, 5) is 9.73. The van der Waals surface area contributed by atoms with E-state index in [-0.39, 0.29) is 0 Å². The number of aromatic nitrogens is 6. The third-order valence-corrected chi connectivity index (χ3v) is 14.9. The van der Waals surface area contributed by atoms with Crippen molar-refractivity contribution >= 4 is 87.2 Å². The quantitative estimate of drug-likeness (QED) is 0.167. The van der Waals surface area contributed by atoms with Gasteiger partial charge in [-0.3, -0.25) is 0 Å². The summed E-state index contributed by atoms with van der Waals surface area (Å²) < 4.78 is 9.55. The number of nitrogens with zero attached hydrogens (tertiary/aromatic N) is 6. The van der Waals surface area contributed by atoms with Gasteiger partial charge in [0.15, 0.2) is 0 Å². The zero-order chi connectivity index (χ0) is 46.7. The zero-order valence-corrected chi connectivity index (χ0v) is 38.7. The van der Waals surface area contributed by atoms with Crippen LogP contribution in [0.5, 0.6) is 0 Å². The molecule has 6 heteroatoms. The van der Waals surface area contributed by atoms with E-state index in [1.807, 2.05) is 0 Å². The molecule has 0 saturated heterocycles. The van der Waals surface area contributed by atoms with Crippen molar-refractivity contribution < 1.29 is 0 Å². The summed E-state index contributed by atoms with van der Waals surface area (Å²) in [6, 6.07) is 83.7. The average molecular weight is 907 g/mol. The summed E-state index contributed by atoms with van der Waals surface area (Å²) in [7, 11) is 0. The Morgan fingerprint density at radius 2 is 0.507 bits per heavy atom. The van der Waals surface area contributed by atoms with Gasteiger partial charge in [0.1, 0.15) is 6.33 Å². The molecule has 0 aliphatic heterocycles. The summed E-state index contributed by atoms with van der Waals surface area (Å²) in [6.45, 7) is 2.13. The van der Waals surface area contributed by atoms with Crippen molar-refractivity contribution in [1.82, 2.24) is 28.2 Å². The van der Waals surface area contributed by atoms with Crippen molar-refractivity contribution in [1.29, 1.82) is 0 Å². The molecule has 0 bridgehead atoms. The molecular weight excluding hydrogens is 865 g/mol. The fraction of sp³-hybridized carbons (Fsp3) is 0.0154. The lowest BCUT2D eigenvalue weighted by Gasteiger charge is -2.13. The van der Waals surface area contributed by atoms with Crippen LogP contribution in [-0.4, -0.2) is 28.2 Å². The van der Waals surface area contributed by atoms with E-state index < -0.39 is 0 Å². The summed E-state index contributed by atoms with van der Waals surface area (Å²) in [5.41, 5.74) is 19.0. The first-order valence-corrected chi connectivity index (χ1v) is 24.2. The van der Waals surface area contributed by atoms with Crippen LogP contribution >= 0.6 is 0 Å². The van der Waals surface area contributed by atoms with Crippen LogP contribution in [0.1, 0.15) is 5.56 Å².